The number of hydrogen-bond donors (Lipinski definition) is 0. The molecule has 1 aromatic carbocycles. The Morgan fingerprint density at radius 2 is 1.87 bits per heavy atom. The first-order valence-corrected chi connectivity index (χ1v) is 10.6. The molecule has 5 heteroatoms. The molecular formula is C25H28N2O3. The number of ether oxygens (including phenoxy) is 3. The summed E-state index contributed by atoms with van der Waals surface area (Å²) in [5.74, 6) is 0.179. The van der Waals surface area contributed by atoms with E-state index in [-0.39, 0.29) is 17.6 Å². The summed E-state index contributed by atoms with van der Waals surface area (Å²) in [4.78, 5) is 0. The van der Waals surface area contributed by atoms with Gasteiger partial charge in [-0.15, -0.1) is 13.2 Å². The molecule has 3 aliphatic rings. The van der Waals surface area contributed by atoms with Crippen molar-refractivity contribution >= 4 is 6.08 Å². The summed E-state index contributed by atoms with van der Waals surface area (Å²) >= 11 is 0. The van der Waals surface area contributed by atoms with Crippen LogP contribution in [0.4, 0.5) is 0 Å². The molecule has 5 rings (SSSR count). The van der Waals surface area contributed by atoms with Crippen LogP contribution in [0.15, 0.2) is 61.3 Å². The minimum atomic E-state index is -0.658. The van der Waals surface area contributed by atoms with Gasteiger partial charge in [0.15, 0.2) is 5.79 Å². The van der Waals surface area contributed by atoms with Crippen molar-refractivity contribution in [3.05, 3.63) is 72.6 Å². The lowest BCUT2D eigenvalue weighted by Crippen LogP contribution is -2.53. The zero-order chi connectivity index (χ0) is 20.9. The van der Waals surface area contributed by atoms with E-state index < -0.39 is 5.79 Å². The third-order valence-electron chi connectivity index (χ3n) is 7.00. The Labute approximate surface area is 177 Å². The van der Waals surface area contributed by atoms with Crippen molar-refractivity contribution in [2.75, 3.05) is 7.11 Å². The molecular weight excluding hydrogens is 376 g/mol. The van der Waals surface area contributed by atoms with Crippen LogP contribution in [0.3, 0.4) is 0 Å². The van der Waals surface area contributed by atoms with Gasteiger partial charge in [-0.25, -0.2) is 4.68 Å². The minimum absolute atomic E-state index is 0.165. The molecule has 1 saturated heterocycles. The van der Waals surface area contributed by atoms with E-state index in [1.165, 1.54) is 11.1 Å². The van der Waals surface area contributed by atoms with Crippen molar-refractivity contribution in [1.29, 1.82) is 0 Å². The number of aromatic nitrogens is 2. The van der Waals surface area contributed by atoms with Crippen LogP contribution in [0.25, 0.3) is 11.8 Å². The van der Waals surface area contributed by atoms with Crippen molar-refractivity contribution in [3.63, 3.8) is 0 Å². The molecule has 5 nitrogen and oxygen atoms in total. The minimum Gasteiger partial charge on any atom is -0.497 e. The summed E-state index contributed by atoms with van der Waals surface area (Å²) in [6, 6.07) is 8.00. The van der Waals surface area contributed by atoms with Crippen molar-refractivity contribution < 1.29 is 14.2 Å². The molecule has 0 N–H and O–H groups in total. The largest absolute Gasteiger partial charge is 0.497 e. The van der Waals surface area contributed by atoms with Crippen LogP contribution in [-0.2, 0) is 15.9 Å². The molecule has 30 heavy (non-hydrogen) atoms. The van der Waals surface area contributed by atoms with Crippen LogP contribution in [-0.4, -0.2) is 34.9 Å². The van der Waals surface area contributed by atoms with Crippen molar-refractivity contribution in [2.45, 2.75) is 50.6 Å². The summed E-state index contributed by atoms with van der Waals surface area (Å²) in [6.07, 6.45) is 11.4. The maximum atomic E-state index is 6.55. The molecule has 2 heterocycles. The summed E-state index contributed by atoms with van der Waals surface area (Å²) in [6.45, 7) is 10.2. The summed E-state index contributed by atoms with van der Waals surface area (Å²) in [5.41, 5.74) is 4.50. The molecule has 0 radical (unpaired) electrons. The Balaban J connectivity index is 1.55. The lowest BCUT2D eigenvalue weighted by molar-refractivity contribution is -0.243. The molecule has 1 aliphatic heterocycles. The second kappa shape index (κ2) is 6.96. The van der Waals surface area contributed by atoms with Gasteiger partial charge in [-0.3, -0.25) is 0 Å². The fourth-order valence-corrected chi connectivity index (χ4v) is 5.29. The molecule has 2 aliphatic carbocycles. The Morgan fingerprint density at radius 1 is 1.17 bits per heavy atom. The fourth-order valence-electron chi connectivity index (χ4n) is 5.29. The molecule has 0 unspecified atom stereocenters. The predicted octanol–water partition coefficient (Wildman–Crippen LogP) is 4.86. The SMILES string of the molecule is C=C[C@H]1OC2(CCCC3=Cc4c(cnn4-c4ccc(OC)cc4)C[C@@]32C)O[C@@H]1C=C. The van der Waals surface area contributed by atoms with Gasteiger partial charge in [-0.05, 0) is 55.2 Å². The van der Waals surface area contributed by atoms with E-state index in [0.717, 1.165) is 42.8 Å². The van der Waals surface area contributed by atoms with Crippen LogP contribution >= 0.6 is 0 Å². The second-order valence-electron chi connectivity index (χ2n) is 8.59. The molecule has 1 aromatic heterocycles. The number of rotatable bonds is 4. The van der Waals surface area contributed by atoms with E-state index in [0.29, 0.717) is 0 Å². The quantitative estimate of drug-likeness (QED) is 0.683. The van der Waals surface area contributed by atoms with Crippen molar-refractivity contribution in [3.8, 4) is 11.4 Å². The average Bonchev–Trinajstić information content (AvgIpc) is 3.34. The normalized spacial score (nSPS) is 29.1. The molecule has 1 spiro atoms. The summed E-state index contributed by atoms with van der Waals surface area (Å²) < 4.78 is 20.4. The Bertz CT molecular complexity index is 1000. The Hall–Kier alpha value is -2.63. The zero-order valence-electron chi connectivity index (χ0n) is 17.6. The maximum Gasteiger partial charge on any atom is 0.179 e. The monoisotopic (exact) mass is 404 g/mol. The fraction of sp³-hybridized carbons (Fsp3) is 0.400. The van der Waals surface area contributed by atoms with Gasteiger partial charge in [0, 0.05) is 11.8 Å². The van der Waals surface area contributed by atoms with E-state index in [1.807, 2.05) is 47.3 Å². The molecule has 156 valence electrons. The summed E-state index contributed by atoms with van der Waals surface area (Å²) in [5, 5.41) is 4.71. The Kier molecular flexibility index (Phi) is 4.49. The average molecular weight is 405 g/mol. The van der Waals surface area contributed by atoms with Gasteiger partial charge in [-0.2, -0.15) is 5.10 Å². The highest BCUT2D eigenvalue weighted by Gasteiger charge is 2.61. The smallest absolute Gasteiger partial charge is 0.179 e. The number of hydrogen-bond acceptors (Lipinski definition) is 4. The van der Waals surface area contributed by atoms with E-state index >= 15 is 0 Å². The van der Waals surface area contributed by atoms with Gasteiger partial charge in [0.05, 0.1) is 24.7 Å². The highest BCUT2D eigenvalue weighted by molar-refractivity contribution is 5.62. The third-order valence-corrected chi connectivity index (χ3v) is 7.00. The van der Waals surface area contributed by atoms with Gasteiger partial charge in [-0.1, -0.05) is 24.6 Å². The van der Waals surface area contributed by atoms with Crippen LogP contribution < -0.4 is 4.74 Å². The van der Waals surface area contributed by atoms with Crippen molar-refractivity contribution in [2.24, 2.45) is 5.41 Å². The third kappa shape index (κ3) is 2.65. The summed E-state index contributed by atoms with van der Waals surface area (Å²) in [7, 11) is 1.68. The molecule has 2 aromatic rings. The van der Waals surface area contributed by atoms with Gasteiger partial charge in [0.2, 0.25) is 0 Å². The molecule has 0 amide bonds. The van der Waals surface area contributed by atoms with Gasteiger partial charge >= 0.3 is 0 Å². The highest BCUT2D eigenvalue weighted by atomic mass is 16.8. The highest BCUT2D eigenvalue weighted by Crippen LogP contribution is 2.58. The number of methoxy groups -OCH3 is 1. The van der Waals surface area contributed by atoms with Crippen molar-refractivity contribution in [1.82, 2.24) is 9.78 Å². The lowest BCUT2D eigenvalue weighted by atomic mass is 9.62. The molecule has 3 atom stereocenters. The van der Waals surface area contributed by atoms with Crippen LogP contribution in [0.5, 0.6) is 5.75 Å². The second-order valence-corrected chi connectivity index (χ2v) is 8.59. The van der Waals surface area contributed by atoms with Crippen LogP contribution in [0.2, 0.25) is 0 Å². The van der Waals surface area contributed by atoms with Crippen LogP contribution in [0, 0.1) is 5.41 Å². The number of benzene rings is 1. The standard InChI is InChI=1S/C25H28N2O3/c1-5-22-23(6-2)30-25(29-22)13-7-8-18-14-21-17(15-24(18,25)3)16-26-27(21)19-9-11-20(28-4)12-10-19/h5-6,9-12,14,16,22-23H,1-2,7-8,13,15H2,3-4H3/t22-,23-,24+/m1/s1. The Morgan fingerprint density at radius 3 is 2.50 bits per heavy atom. The molecule has 0 bridgehead atoms. The predicted molar refractivity (Wildman–Crippen MR) is 117 cm³/mol. The molecule has 2 fully saturated rings. The lowest BCUT2D eigenvalue weighted by Gasteiger charge is -2.51. The first-order valence-electron chi connectivity index (χ1n) is 10.6. The van der Waals surface area contributed by atoms with Gasteiger partial charge < -0.3 is 14.2 Å². The first kappa shape index (κ1) is 19.3. The van der Waals surface area contributed by atoms with Gasteiger partial charge in [0.25, 0.3) is 0 Å². The van der Waals surface area contributed by atoms with Gasteiger partial charge in [0.1, 0.15) is 18.0 Å². The molecule has 1 saturated carbocycles. The van der Waals surface area contributed by atoms with E-state index in [4.69, 9.17) is 19.3 Å². The topological polar surface area (TPSA) is 45.5 Å². The van der Waals surface area contributed by atoms with E-state index in [1.54, 1.807) is 7.11 Å². The maximum absolute atomic E-state index is 6.55. The number of nitrogens with zero attached hydrogens (tertiary/aromatic N) is 2. The van der Waals surface area contributed by atoms with Crippen LogP contribution in [0.1, 0.15) is 37.4 Å². The van der Waals surface area contributed by atoms with E-state index in [9.17, 15) is 0 Å². The first-order chi connectivity index (χ1) is 14.5. The van der Waals surface area contributed by atoms with E-state index in [2.05, 4.69) is 26.2 Å². The zero-order valence-corrected chi connectivity index (χ0v) is 17.6. The number of fused-ring (bicyclic) bond motifs is 3.